The van der Waals surface area contributed by atoms with Crippen molar-refractivity contribution < 1.29 is 22.6 Å². The fourth-order valence-electron chi connectivity index (χ4n) is 2.68. The minimum atomic E-state index is -4.50. The third-order valence-electron chi connectivity index (χ3n) is 3.80. The van der Waals surface area contributed by atoms with Crippen LogP contribution in [0.2, 0.25) is 0 Å². The number of hydrogen-bond donors (Lipinski definition) is 0. The smallest absolute Gasteiger partial charge is 0.384 e. The summed E-state index contributed by atoms with van der Waals surface area (Å²) in [5.41, 5.74) is 0.270. The summed E-state index contributed by atoms with van der Waals surface area (Å²) in [6, 6.07) is 0. The second kappa shape index (κ2) is 7.61. The van der Waals surface area contributed by atoms with Gasteiger partial charge in [-0.1, -0.05) is 13.8 Å². The highest BCUT2D eigenvalue weighted by atomic mass is 19.4. The van der Waals surface area contributed by atoms with Gasteiger partial charge in [-0.2, -0.15) is 0 Å². The molecule has 1 aliphatic carbocycles. The van der Waals surface area contributed by atoms with E-state index in [2.05, 4.69) is 9.64 Å². The van der Waals surface area contributed by atoms with Gasteiger partial charge in [-0.15, -0.1) is 13.2 Å². The van der Waals surface area contributed by atoms with E-state index in [0.29, 0.717) is 25.9 Å². The van der Waals surface area contributed by atoms with E-state index >= 15 is 0 Å². The van der Waals surface area contributed by atoms with Gasteiger partial charge in [0.15, 0.2) is 0 Å². The molecule has 0 bridgehead atoms. The van der Waals surface area contributed by atoms with Crippen LogP contribution in [0, 0.1) is 5.41 Å². The Balaban J connectivity index is 0.000000956. The number of rotatable bonds is 5. The summed E-state index contributed by atoms with van der Waals surface area (Å²) in [4.78, 5) is 2.24. The Hall–Kier alpha value is -0.330. The summed E-state index contributed by atoms with van der Waals surface area (Å²) >= 11 is 0. The first kappa shape index (κ1) is 17.7. The molecule has 1 saturated heterocycles. The molecule has 6 heteroatoms. The van der Waals surface area contributed by atoms with Gasteiger partial charge in [0.25, 0.3) is 0 Å². The fraction of sp³-hybridized carbons (Fsp3) is 1.00. The molecule has 1 saturated carbocycles. The molecule has 0 aromatic rings. The largest absolute Gasteiger partial charge is 0.522 e. The van der Waals surface area contributed by atoms with Crippen molar-refractivity contribution in [2.24, 2.45) is 5.41 Å². The molecule has 2 rings (SSSR count). The molecule has 0 N–H and O–H groups in total. The first-order chi connectivity index (χ1) is 9.42. The van der Waals surface area contributed by atoms with Gasteiger partial charge >= 0.3 is 6.36 Å². The van der Waals surface area contributed by atoms with E-state index in [-0.39, 0.29) is 5.41 Å². The molecule has 3 nitrogen and oxygen atoms in total. The van der Waals surface area contributed by atoms with Gasteiger partial charge in [0.1, 0.15) is 0 Å². The van der Waals surface area contributed by atoms with Crippen LogP contribution >= 0.6 is 0 Å². The quantitative estimate of drug-likeness (QED) is 0.776. The second-order valence-corrected chi connectivity index (χ2v) is 5.47. The molecule has 20 heavy (non-hydrogen) atoms. The molecule has 0 aromatic carbocycles. The van der Waals surface area contributed by atoms with Crippen LogP contribution in [0.15, 0.2) is 0 Å². The van der Waals surface area contributed by atoms with Gasteiger partial charge in [0, 0.05) is 32.2 Å². The van der Waals surface area contributed by atoms with Crippen molar-refractivity contribution in [1.82, 2.24) is 4.90 Å². The Kier molecular flexibility index (Phi) is 6.75. The van der Waals surface area contributed by atoms with Crippen molar-refractivity contribution in [3.8, 4) is 0 Å². The summed E-state index contributed by atoms with van der Waals surface area (Å²) in [7, 11) is 1.70. The number of ether oxygens (including phenoxy) is 2. The van der Waals surface area contributed by atoms with Crippen molar-refractivity contribution in [2.75, 3.05) is 33.4 Å². The molecule has 0 amide bonds. The molecule has 0 spiro atoms. The highest BCUT2D eigenvalue weighted by Crippen LogP contribution is 2.46. The molecule has 0 unspecified atom stereocenters. The summed E-state index contributed by atoms with van der Waals surface area (Å²) in [5.74, 6) is 0. The van der Waals surface area contributed by atoms with Crippen molar-refractivity contribution in [3.05, 3.63) is 0 Å². The third-order valence-corrected chi connectivity index (χ3v) is 3.80. The van der Waals surface area contributed by atoms with E-state index < -0.39 is 12.5 Å². The van der Waals surface area contributed by atoms with Gasteiger partial charge in [0.2, 0.25) is 0 Å². The minimum Gasteiger partial charge on any atom is -0.384 e. The Morgan fingerprint density at radius 3 is 2.10 bits per heavy atom. The topological polar surface area (TPSA) is 21.7 Å². The van der Waals surface area contributed by atoms with Crippen LogP contribution in [-0.4, -0.2) is 50.7 Å². The predicted octanol–water partition coefficient (Wildman–Crippen LogP) is 3.44. The minimum absolute atomic E-state index is 0.270. The Labute approximate surface area is 119 Å². The summed E-state index contributed by atoms with van der Waals surface area (Å²) in [6.45, 7) is 7.07. The van der Waals surface area contributed by atoms with Gasteiger partial charge in [-0.3, -0.25) is 4.74 Å². The van der Waals surface area contributed by atoms with Crippen LogP contribution in [-0.2, 0) is 9.47 Å². The lowest BCUT2D eigenvalue weighted by atomic mass is 10.0. The van der Waals surface area contributed by atoms with Gasteiger partial charge in [0.05, 0.1) is 12.7 Å². The van der Waals surface area contributed by atoms with Crippen LogP contribution in [0.1, 0.15) is 39.5 Å². The number of piperidine rings is 1. The summed E-state index contributed by atoms with van der Waals surface area (Å²) in [6.07, 6.45) is -1.91. The van der Waals surface area contributed by atoms with Crippen LogP contribution in [0.5, 0.6) is 0 Å². The average Bonchev–Trinajstić information content (AvgIpc) is 3.13. The number of methoxy groups -OCH3 is 1. The lowest BCUT2D eigenvalue weighted by Crippen LogP contribution is -2.42. The molecule has 1 aliphatic heterocycles. The van der Waals surface area contributed by atoms with E-state index in [9.17, 15) is 13.2 Å². The number of alkyl halides is 3. The number of nitrogens with zero attached hydrogens (tertiary/aromatic N) is 1. The predicted molar refractivity (Wildman–Crippen MR) is 71.5 cm³/mol. The highest BCUT2D eigenvalue weighted by Gasteiger charge is 2.44. The number of halogens is 3. The third kappa shape index (κ3) is 5.97. The first-order valence-electron chi connectivity index (χ1n) is 7.38. The van der Waals surface area contributed by atoms with E-state index in [4.69, 9.17) is 4.74 Å². The average molecular weight is 297 g/mol. The standard InChI is InChI=1S/C12H20F3NO2.C2H6/c1-17-9-11(4-5-11)8-16-6-2-10(3-7-16)18-12(13,14)15;1-2/h10H,2-9H2,1H3;1-2H3. The fourth-order valence-corrected chi connectivity index (χ4v) is 2.68. The summed E-state index contributed by atoms with van der Waals surface area (Å²) in [5, 5.41) is 0. The molecule has 0 radical (unpaired) electrons. The zero-order chi connectivity index (χ0) is 15.2. The molecule has 2 aliphatic rings. The molecule has 0 atom stereocenters. The lowest BCUT2D eigenvalue weighted by Gasteiger charge is -2.34. The Morgan fingerprint density at radius 2 is 1.70 bits per heavy atom. The van der Waals surface area contributed by atoms with Crippen LogP contribution < -0.4 is 0 Å². The maximum atomic E-state index is 12.1. The van der Waals surface area contributed by atoms with Crippen LogP contribution in [0.25, 0.3) is 0 Å². The number of likely N-dealkylation sites (tertiary alicyclic amines) is 1. The van der Waals surface area contributed by atoms with Gasteiger partial charge < -0.3 is 9.64 Å². The van der Waals surface area contributed by atoms with Gasteiger partial charge in [-0.05, 0) is 25.7 Å². The van der Waals surface area contributed by atoms with Gasteiger partial charge in [-0.25, -0.2) is 0 Å². The van der Waals surface area contributed by atoms with E-state index in [1.54, 1.807) is 7.11 Å². The molecule has 1 heterocycles. The molecule has 0 aromatic heterocycles. The molecular formula is C14H26F3NO2. The normalized spacial score (nSPS) is 23.1. The Bertz CT molecular complexity index is 272. The second-order valence-electron chi connectivity index (χ2n) is 5.47. The van der Waals surface area contributed by atoms with Crippen LogP contribution in [0.4, 0.5) is 13.2 Å². The van der Waals surface area contributed by atoms with E-state index in [1.165, 1.54) is 12.8 Å². The van der Waals surface area contributed by atoms with E-state index in [0.717, 1.165) is 13.2 Å². The molecule has 2 fully saturated rings. The van der Waals surface area contributed by atoms with Crippen LogP contribution in [0.3, 0.4) is 0 Å². The Morgan fingerprint density at radius 1 is 1.15 bits per heavy atom. The van der Waals surface area contributed by atoms with Crippen molar-refractivity contribution in [1.29, 1.82) is 0 Å². The molecular weight excluding hydrogens is 271 g/mol. The monoisotopic (exact) mass is 297 g/mol. The SMILES string of the molecule is CC.COCC1(CN2CCC(OC(F)(F)F)CC2)CC1. The number of hydrogen-bond acceptors (Lipinski definition) is 3. The van der Waals surface area contributed by atoms with Crippen molar-refractivity contribution >= 4 is 0 Å². The van der Waals surface area contributed by atoms with E-state index in [1.807, 2.05) is 13.8 Å². The highest BCUT2D eigenvalue weighted by molar-refractivity contribution is 4.96. The molecule has 120 valence electrons. The maximum absolute atomic E-state index is 12.1. The van der Waals surface area contributed by atoms with Crippen molar-refractivity contribution in [3.63, 3.8) is 0 Å². The lowest BCUT2D eigenvalue weighted by molar-refractivity contribution is -0.345. The maximum Gasteiger partial charge on any atom is 0.522 e. The zero-order valence-corrected chi connectivity index (χ0v) is 12.6. The zero-order valence-electron chi connectivity index (χ0n) is 12.6. The van der Waals surface area contributed by atoms with Crippen molar-refractivity contribution in [2.45, 2.75) is 52.0 Å². The summed E-state index contributed by atoms with van der Waals surface area (Å²) < 4.78 is 45.5. The first-order valence-corrected chi connectivity index (χ1v) is 7.38.